The summed E-state index contributed by atoms with van der Waals surface area (Å²) in [5.41, 5.74) is 5.49. The maximum atomic E-state index is 13.4. The van der Waals surface area contributed by atoms with E-state index in [2.05, 4.69) is 36.1 Å². The van der Waals surface area contributed by atoms with Gasteiger partial charge in [0.05, 0.1) is 28.4 Å². The largest absolute Gasteiger partial charge is 0.464 e. The van der Waals surface area contributed by atoms with Gasteiger partial charge >= 0.3 is 5.97 Å². The first-order valence-corrected chi connectivity index (χ1v) is 13.3. The molecule has 0 aliphatic carbocycles. The molecule has 0 aliphatic heterocycles. The average Bonchev–Trinajstić information content (AvgIpc) is 3.66. The minimum Gasteiger partial charge on any atom is -0.464 e. The fourth-order valence-electron chi connectivity index (χ4n) is 4.62. The van der Waals surface area contributed by atoms with Gasteiger partial charge < -0.3 is 20.4 Å². The van der Waals surface area contributed by atoms with Crippen molar-refractivity contribution < 1.29 is 14.3 Å². The number of H-pyrrole nitrogens is 1. The van der Waals surface area contributed by atoms with Crippen molar-refractivity contribution in [2.45, 2.75) is 34.2 Å². The van der Waals surface area contributed by atoms with Gasteiger partial charge in [0.15, 0.2) is 0 Å². The summed E-state index contributed by atoms with van der Waals surface area (Å²) in [6, 6.07) is 11.8. The van der Waals surface area contributed by atoms with Gasteiger partial charge in [0.25, 0.3) is 5.91 Å². The maximum absolute atomic E-state index is 13.4. The number of fused-ring (bicyclic) bond motifs is 1. The van der Waals surface area contributed by atoms with E-state index >= 15 is 0 Å². The number of hydrogen-bond acceptors (Lipinski definition) is 9. The third kappa shape index (κ3) is 5.34. The number of methoxy groups -OCH3 is 1. The Balaban J connectivity index is 1.39. The summed E-state index contributed by atoms with van der Waals surface area (Å²) in [6.07, 6.45) is 3.50. The molecule has 0 aliphatic rings. The Morgan fingerprint density at radius 1 is 1.12 bits per heavy atom. The van der Waals surface area contributed by atoms with Crippen LogP contribution < -0.4 is 10.6 Å². The maximum Gasteiger partial charge on any atom is 0.354 e. The lowest BCUT2D eigenvalue weighted by Crippen LogP contribution is -2.29. The molecule has 204 valence electrons. The molecule has 0 saturated heterocycles. The van der Waals surface area contributed by atoms with Crippen LogP contribution in [-0.4, -0.2) is 49.2 Å². The van der Waals surface area contributed by atoms with Crippen LogP contribution in [0.25, 0.3) is 22.7 Å². The normalized spacial score (nSPS) is 11.6. The van der Waals surface area contributed by atoms with E-state index in [-0.39, 0.29) is 5.70 Å². The minimum absolute atomic E-state index is 0.0338. The fraction of sp³-hybridized carbons (Fsp3) is 0.214. The van der Waals surface area contributed by atoms with Crippen LogP contribution >= 0.6 is 11.3 Å². The lowest BCUT2D eigenvalue weighted by molar-refractivity contribution is -0.136. The Morgan fingerprint density at radius 2 is 1.90 bits per heavy atom. The number of esters is 1. The number of thiazole rings is 1. The van der Waals surface area contributed by atoms with E-state index in [0.29, 0.717) is 34.9 Å². The standard InChI is InChI=1S/C28H28N8O3S/c1-15-11-20(36-28(33-34-35-36)30-14-19-7-6-8-22-21(19)9-10-29-22)12-16(2)25(15)26(37)32-23(27(38)39-5)13-24-17(3)31-18(4)40-24/h6-13,29H,14H2,1-5H3,(H,32,37)(H,30,33,35). The summed E-state index contributed by atoms with van der Waals surface area (Å²) in [6.45, 7) is 7.91. The Labute approximate surface area is 234 Å². The van der Waals surface area contributed by atoms with Crippen LogP contribution in [0.4, 0.5) is 5.95 Å². The van der Waals surface area contributed by atoms with E-state index < -0.39 is 11.9 Å². The van der Waals surface area contributed by atoms with Crippen molar-refractivity contribution in [1.29, 1.82) is 0 Å². The molecule has 2 aromatic carbocycles. The van der Waals surface area contributed by atoms with E-state index in [1.807, 2.05) is 70.3 Å². The molecular formula is C28H28N8O3S. The van der Waals surface area contributed by atoms with Gasteiger partial charge in [0.2, 0.25) is 5.95 Å². The zero-order valence-corrected chi connectivity index (χ0v) is 23.5. The van der Waals surface area contributed by atoms with Gasteiger partial charge in [-0.25, -0.2) is 9.78 Å². The van der Waals surface area contributed by atoms with E-state index in [1.54, 1.807) is 10.8 Å². The summed E-state index contributed by atoms with van der Waals surface area (Å²) in [5, 5.41) is 20.2. The molecular weight excluding hydrogens is 528 g/mol. The Morgan fingerprint density at radius 3 is 2.60 bits per heavy atom. The van der Waals surface area contributed by atoms with E-state index in [9.17, 15) is 9.59 Å². The number of anilines is 1. The topological polar surface area (TPSA) is 140 Å². The van der Waals surface area contributed by atoms with Gasteiger partial charge in [-0.3, -0.25) is 4.79 Å². The number of nitrogens with zero attached hydrogens (tertiary/aromatic N) is 5. The van der Waals surface area contributed by atoms with Crippen molar-refractivity contribution in [1.82, 2.24) is 35.5 Å². The van der Waals surface area contributed by atoms with E-state index in [0.717, 1.165) is 32.0 Å². The molecule has 5 rings (SSSR count). The summed E-state index contributed by atoms with van der Waals surface area (Å²) in [4.78, 5) is 34.2. The van der Waals surface area contributed by atoms with Crippen molar-refractivity contribution >= 4 is 46.1 Å². The molecule has 0 radical (unpaired) electrons. The second-order valence-corrected chi connectivity index (χ2v) is 10.5. The van der Waals surface area contributed by atoms with Gasteiger partial charge in [0, 0.05) is 29.2 Å². The van der Waals surface area contributed by atoms with Crippen molar-refractivity contribution in [3.63, 3.8) is 0 Å². The number of tetrazole rings is 1. The van der Waals surface area contributed by atoms with Crippen molar-refractivity contribution in [2.75, 3.05) is 12.4 Å². The third-order valence-corrected chi connectivity index (χ3v) is 7.47. The second kappa shape index (κ2) is 11.1. The molecule has 3 heterocycles. The molecule has 3 aromatic heterocycles. The quantitative estimate of drug-likeness (QED) is 0.189. The molecule has 0 fully saturated rings. The molecule has 5 aromatic rings. The molecule has 0 atom stereocenters. The molecule has 1 amide bonds. The predicted octanol–water partition coefficient (Wildman–Crippen LogP) is 4.39. The highest BCUT2D eigenvalue weighted by atomic mass is 32.1. The number of rotatable bonds is 8. The van der Waals surface area contributed by atoms with Crippen molar-refractivity contribution in [3.05, 3.63) is 86.1 Å². The lowest BCUT2D eigenvalue weighted by atomic mass is 10.0. The highest BCUT2D eigenvalue weighted by molar-refractivity contribution is 7.12. The van der Waals surface area contributed by atoms with Crippen LogP contribution in [0, 0.1) is 27.7 Å². The molecule has 11 nitrogen and oxygen atoms in total. The summed E-state index contributed by atoms with van der Waals surface area (Å²) < 4.78 is 6.50. The molecule has 0 bridgehead atoms. The molecule has 0 saturated carbocycles. The number of aromatic nitrogens is 6. The molecule has 40 heavy (non-hydrogen) atoms. The first-order valence-electron chi connectivity index (χ1n) is 12.5. The van der Waals surface area contributed by atoms with Gasteiger partial charge in [0.1, 0.15) is 5.70 Å². The van der Waals surface area contributed by atoms with Crippen molar-refractivity contribution in [3.8, 4) is 5.69 Å². The number of benzene rings is 2. The molecule has 0 spiro atoms. The number of carbonyl (C=O) groups excluding carboxylic acids is 2. The Kier molecular flexibility index (Phi) is 7.43. The molecule has 3 N–H and O–H groups in total. The lowest BCUT2D eigenvalue weighted by Gasteiger charge is -2.15. The minimum atomic E-state index is -0.648. The first kappa shape index (κ1) is 26.8. The van der Waals surface area contributed by atoms with Gasteiger partial charge in [-0.15, -0.1) is 11.3 Å². The number of amides is 1. The summed E-state index contributed by atoms with van der Waals surface area (Å²) in [7, 11) is 1.27. The monoisotopic (exact) mass is 556 g/mol. The average molecular weight is 557 g/mol. The zero-order valence-electron chi connectivity index (χ0n) is 22.7. The van der Waals surface area contributed by atoms with Crippen LogP contribution in [-0.2, 0) is 16.1 Å². The fourth-order valence-corrected chi connectivity index (χ4v) is 5.50. The second-order valence-electron chi connectivity index (χ2n) is 9.26. The first-order chi connectivity index (χ1) is 19.2. The molecule has 0 unspecified atom stereocenters. The van der Waals surface area contributed by atoms with Gasteiger partial charge in [-0.2, -0.15) is 4.68 Å². The van der Waals surface area contributed by atoms with Gasteiger partial charge in [-0.05, 0) is 85.2 Å². The molecule has 12 heteroatoms. The summed E-state index contributed by atoms with van der Waals surface area (Å²) in [5.74, 6) is -0.605. The van der Waals surface area contributed by atoms with Crippen LogP contribution in [0.3, 0.4) is 0 Å². The third-order valence-electron chi connectivity index (χ3n) is 6.45. The Bertz CT molecular complexity index is 1740. The van der Waals surface area contributed by atoms with Crippen LogP contribution in [0.15, 0.2) is 48.3 Å². The zero-order chi connectivity index (χ0) is 28.4. The Hall–Kier alpha value is -4.84. The van der Waals surface area contributed by atoms with E-state index in [4.69, 9.17) is 4.74 Å². The number of aromatic amines is 1. The predicted molar refractivity (Wildman–Crippen MR) is 153 cm³/mol. The highest BCUT2D eigenvalue weighted by Crippen LogP contribution is 2.24. The number of ether oxygens (including phenoxy) is 1. The van der Waals surface area contributed by atoms with Gasteiger partial charge in [-0.1, -0.05) is 17.2 Å². The highest BCUT2D eigenvalue weighted by Gasteiger charge is 2.21. The SMILES string of the molecule is COC(=O)C(=Cc1sc(C)nc1C)NC(=O)c1c(C)cc(-n2nnnc2NCc2cccc3[nH]ccc23)cc1C. The van der Waals surface area contributed by atoms with Crippen LogP contribution in [0.5, 0.6) is 0 Å². The van der Waals surface area contributed by atoms with Crippen LogP contribution in [0.2, 0.25) is 0 Å². The number of hydrogen-bond donors (Lipinski definition) is 3. The van der Waals surface area contributed by atoms with E-state index in [1.165, 1.54) is 18.4 Å². The smallest absolute Gasteiger partial charge is 0.354 e. The number of aryl methyl sites for hydroxylation is 4. The number of carbonyl (C=O) groups is 2. The van der Waals surface area contributed by atoms with Crippen LogP contribution in [0.1, 0.15) is 42.6 Å². The summed E-state index contributed by atoms with van der Waals surface area (Å²) >= 11 is 1.43. The van der Waals surface area contributed by atoms with Crippen molar-refractivity contribution in [2.24, 2.45) is 0 Å². The number of nitrogens with one attached hydrogen (secondary N) is 3.